The van der Waals surface area contributed by atoms with Gasteiger partial charge in [-0.3, -0.25) is 0 Å². The molecule has 0 heterocycles. The fourth-order valence-electron chi connectivity index (χ4n) is 3.48. The van der Waals surface area contributed by atoms with E-state index in [0.29, 0.717) is 25.0 Å². The summed E-state index contributed by atoms with van der Waals surface area (Å²) in [6, 6.07) is 0. The van der Waals surface area contributed by atoms with E-state index in [4.69, 9.17) is 29.2 Å². The monoisotopic (exact) mass is 572 g/mol. The summed E-state index contributed by atoms with van der Waals surface area (Å²) in [4.78, 5) is 0. The van der Waals surface area contributed by atoms with Gasteiger partial charge in [0.15, 0.2) is 0 Å². The van der Waals surface area contributed by atoms with Crippen LogP contribution in [0.15, 0.2) is 0 Å². The van der Waals surface area contributed by atoms with Crippen LogP contribution in [0.2, 0.25) is 0 Å². The predicted molar refractivity (Wildman–Crippen MR) is 110 cm³/mol. The molecule has 6 unspecified atom stereocenters. The van der Waals surface area contributed by atoms with Crippen molar-refractivity contribution in [1.29, 1.82) is 0 Å². The summed E-state index contributed by atoms with van der Waals surface area (Å²) in [5.74, 6) is 1.90. The van der Waals surface area contributed by atoms with Gasteiger partial charge >= 0.3 is 0 Å². The first-order chi connectivity index (χ1) is 12.0. The Bertz CT molecular complexity index is 310. The summed E-state index contributed by atoms with van der Waals surface area (Å²) in [6.07, 6.45) is 3.05. The van der Waals surface area contributed by atoms with Crippen LogP contribution < -0.4 is 0 Å². The van der Waals surface area contributed by atoms with Crippen LogP contribution >= 0.6 is 0 Å². The molecule has 6 atom stereocenters. The molecule has 0 aromatic rings. The third-order valence-corrected chi connectivity index (χ3v) is 4.79. The Morgan fingerprint density at radius 2 is 1.07 bits per heavy atom. The van der Waals surface area contributed by atoms with Crippen molar-refractivity contribution in [2.24, 2.45) is 17.8 Å². The number of methoxy groups -OCH3 is 2. The van der Waals surface area contributed by atoms with Crippen molar-refractivity contribution < 1.29 is 94.6 Å². The standard InChI is InChI=1S/C15H28O6.C4H10.2CH4.2Y/c1-18-12(6-16)8-20-14-10-3-4-11(5-10)15(14)21-9-13(7-17)19-2;1-4(2)3;;;;/h10-17H,3-9H2,1-2H3;4H,1-3H3;2*1H4;;. The molecule has 2 N–H and O–H groups in total. The molecule has 2 aliphatic carbocycles. The molecule has 0 saturated heterocycles. The first-order valence-electron chi connectivity index (χ1n) is 9.47. The molecule has 2 saturated carbocycles. The van der Waals surface area contributed by atoms with E-state index >= 15 is 0 Å². The number of aliphatic hydroxyl groups is 2. The molecule has 2 bridgehead atoms. The van der Waals surface area contributed by atoms with E-state index in [9.17, 15) is 0 Å². The van der Waals surface area contributed by atoms with Crippen molar-refractivity contribution >= 4 is 0 Å². The van der Waals surface area contributed by atoms with E-state index in [0.717, 1.165) is 12.3 Å². The van der Waals surface area contributed by atoms with Crippen LogP contribution in [0.5, 0.6) is 0 Å². The smallest absolute Gasteiger partial charge is 0.103 e. The van der Waals surface area contributed by atoms with E-state index < -0.39 is 0 Å². The van der Waals surface area contributed by atoms with Gasteiger partial charge < -0.3 is 29.2 Å². The minimum Gasteiger partial charge on any atom is -0.394 e. The van der Waals surface area contributed by atoms with E-state index in [1.54, 1.807) is 14.2 Å². The average molecular weight is 572 g/mol. The molecule has 172 valence electrons. The molecule has 8 heteroatoms. The van der Waals surface area contributed by atoms with Gasteiger partial charge in [-0.15, -0.1) is 0 Å². The Morgan fingerprint density at radius 1 is 0.759 bits per heavy atom. The number of ether oxygens (including phenoxy) is 4. The van der Waals surface area contributed by atoms with Crippen molar-refractivity contribution in [2.75, 3.05) is 40.6 Å². The molecular formula is C21H46O6Y2. The Balaban J connectivity index is -0.000000359. The van der Waals surface area contributed by atoms with Crippen LogP contribution in [0.1, 0.15) is 54.9 Å². The Labute approximate surface area is 230 Å². The summed E-state index contributed by atoms with van der Waals surface area (Å²) in [6.45, 7) is 7.18. The minimum atomic E-state index is -0.283. The van der Waals surface area contributed by atoms with E-state index in [2.05, 4.69) is 20.8 Å². The van der Waals surface area contributed by atoms with Gasteiger partial charge in [0.25, 0.3) is 0 Å². The van der Waals surface area contributed by atoms with E-state index in [1.807, 2.05) is 0 Å². The van der Waals surface area contributed by atoms with Gasteiger partial charge in [-0.25, -0.2) is 0 Å². The first-order valence-corrected chi connectivity index (χ1v) is 9.47. The summed E-state index contributed by atoms with van der Waals surface area (Å²) in [5, 5.41) is 18.3. The maximum Gasteiger partial charge on any atom is 0.103 e. The maximum absolute atomic E-state index is 9.16. The normalized spacial score (nSPS) is 26.1. The second-order valence-corrected chi connectivity index (χ2v) is 7.74. The Morgan fingerprint density at radius 3 is 1.31 bits per heavy atom. The molecule has 6 nitrogen and oxygen atoms in total. The number of rotatable bonds is 10. The Kier molecular flexibility index (Phi) is 28.7. The fraction of sp³-hybridized carbons (Fsp3) is 1.00. The number of aliphatic hydroxyl groups excluding tert-OH is 2. The maximum atomic E-state index is 9.16. The zero-order valence-electron chi connectivity index (χ0n) is 17.7. The third-order valence-electron chi connectivity index (χ3n) is 4.79. The van der Waals surface area contributed by atoms with Crippen LogP contribution in [0, 0.1) is 17.8 Å². The summed E-state index contributed by atoms with van der Waals surface area (Å²) in [7, 11) is 3.15. The van der Waals surface area contributed by atoms with Gasteiger partial charge in [0.1, 0.15) is 12.2 Å². The SMILES string of the molecule is C.C.CC(C)C.COC(CO)COC1C2CCC(C2)C1OCC(CO)OC.[Y].[Y]. The largest absolute Gasteiger partial charge is 0.394 e. The molecule has 2 radical (unpaired) electrons. The van der Waals surface area contributed by atoms with E-state index in [1.165, 1.54) is 12.8 Å². The predicted octanol–water partition coefficient (Wildman–Crippen LogP) is 3.13. The molecule has 0 aliphatic heterocycles. The minimum absolute atomic E-state index is 0. The molecule has 0 amide bonds. The van der Waals surface area contributed by atoms with Crippen molar-refractivity contribution in [3.63, 3.8) is 0 Å². The van der Waals surface area contributed by atoms with Crippen LogP contribution in [0.4, 0.5) is 0 Å². The molecule has 29 heavy (non-hydrogen) atoms. The molecule has 2 aliphatic rings. The number of fused-ring (bicyclic) bond motifs is 2. The fourth-order valence-corrected chi connectivity index (χ4v) is 3.48. The van der Waals surface area contributed by atoms with Crippen LogP contribution in [-0.4, -0.2) is 75.3 Å². The van der Waals surface area contributed by atoms with Gasteiger partial charge in [-0.05, 0) is 37.0 Å². The average Bonchev–Trinajstić information content (AvgIpc) is 3.18. The van der Waals surface area contributed by atoms with Gasteiger partial charge in [-0.1, -0.05) is 35.6 Å². The molecule has 0 spiro atoms. The quantitative estimate of drug-likeness (QED) is 0.419. The first kappa shape index (κ1) is 38.2. The second-order valence-electron chi connectivity index (χ2n) is 7.74. The van der Waals surface area contributed by atoms with Gasteiger partial charge in [0, 0.05) is 79.6 Å². The van der Waals surface area contributed by atoms with Crippen molar-refractivity contribution in [2.45, 2.75) is 79.3 Å². The van der Waals surface area contributed by atoms with Crippen LogP contribution in [0.3, 0.4) is 0 Å². The van der Waals surface area contributed by atoms with Crippen LogP contribution in [0.25, 0.3) is 0 Å². The zero-order valence-corrected chi connectivity index (χ0v) is 23.3. The van der Waals surface area contributed by atoms with Crippen molar-refractivity contribution in [1.82, 2.24) is 0 Å². The third kappa shape index (κ3) is 14.0. The number of hydrogen-bond acceptors (Lipinski definition) is 6. The van der Waals surface area contributed by atoms with Gasteiger partial charge in [0.05, 0.1) is 38.6 Å². The van der Waals surface area contributed by atoms with Gasteiger partial charge in [0.2, 0.25) is 0 Å². The molecule has 2 rings (SSSR count). The summed E-state index contributed by atoms with van der Waals surface area (Å²) >= 11 is 0. The van der Waals surface area contributed by atoms with E-state index in [-0.39, 0.29) is 118 Å². The zero-order chi connectivity index (χ0) is 18.8. The molecule has 0 aromatic carbocycles. The van der Waals surface area contributed by atoms with Crippen molar-refractivity contribution in [3.05, 3.63) is 0 Å². The molecular weight excluding hydrogens is 526 g/mol. The Hall–Kier alpha value is 1.97. The summed E-state index contributed by atoms with van der Waals surface area (Å²) in [5.41, 5.74) is 0. The molecule has 0 aromatic heterocycles. The topological polar surface area (TPSA) is 77.4 Å². The second kappa shape index (κ2) is 21.8. The van der Waals surface area contributed by atoms with Gasteiger partial charge in [-0.2, -0.15) is 0 Å². The van der Waals surface area contributed by atoms with Crippen molar-refractivity contribution in [3.8, 4) is 0 Å². The number of hydrogen-bond donors (Lipinski definition) is 2. The molecule has 2 fully saturated rings. The summed E-state index contributed by atoms with van der Waals surface area (Å²) < 4.78 is 22.2. The van der Waals surface area contributed by atoms with Crippen LogP contribution in [-0.2, 0) is 84.4 Å².